The van der Waals surface area contributed by atoms with Crippen LogP contribution >= 0.6 is 0 Å². The fraction of sp³-hybridized carbons (Fsp3) is 0.579. The van der Waals surface area contributed by atoms with E-state index in [2.05, 4.69) is 10.2 Å². The van der Waals surface area contributed by atoms with E-state index in [1.165, 1.54) is 18.4 Å². The highest BCUT2D eigenvalue weighted by atomic mass is 16.4. The summed E-state index contributed by atoms with van der Waals surface area (Å²) >= 11 is 0. The first kappa shape index (κ1) is 17.0. The molecule has 0 spiro atoms. The number of carbonyl (C=O) groups excluding carboxylic acids is 1. The van der Waals surface area contributed by atoms with Gasteiger partial charge >= 0.3 is 5.97 Å². The van der Waals surface area contributed by atoms with E-state index in [0.29, 0.717) is 11.5 Å². The molecule has 2 saturated carbocycles. The van der Waals surface area contributed by atoms with Gasteiger partial charge in [0.2, 0.25) is 0 Å². The summed E-state index contributed by atoms with van der Waals surface area (Å²) in [6.07, 6.45) is 4.12. The third-order valence-electron chi connectivity index (χ3n) is 5.26. The maximum atomic E-state index is 12.3. The molecule has 2 aliphatic rings. The van der Waals surface area contributed by atoms with Crippen molar-refractivity contribution in [3.05, 3.63) is 34.9 Å². The molecule has 0 atom stereocenters. The molecule has 5 nitrogen and oxygen atoms in total. The van der Waals surface area contributed by atoms with Crippen molar-refractivity contribution in [2.75, 3.05) is 13.1 Å². The van der Waals surface area contributed by atoms with E-state index in [1.54, 1.807) is 0 Å². The number of benzene rings is 1. The second-order valence-corrected chi connectivity index (χ2v) is 7.36. The van der Waals surface area contributed by atoms with Gasteiger partial charge in [0.1, 0.15) is 0 Å². The zero-order chi connectivity index (χ0) is 17.3. The lowest BCUT2D eigenvalue weighted by Crippen LogP contribution is -2.55. The van der Waals surface area contributed by atoms with Crippen LogP contribution in [0.25, 0.3) is 0 Å². The zero-order valence-corrected chi connectivity index (χ0v) is 14.4. The molecule has 2 aliphatic carbocycles. The lowest BCUT2D eigenvalue weighted by Gasteiger charge is -2.42. The van der Waals surface area contributed by atoms with E-state index >= 15 is 0 Å². The van der Waals surface area contributed by atoms with Gasteiger partial charge in [0.25, 0.3) is 5.91 Å². The minimum Gasteiger partial charge on any atom is -0.480 e. The molecule has 24 heavy (non-hydrogen) atoms. The largest absolute Gasteiger partial charge is 0.480 e. The monoisotopic (exact) mass is 330 g/mol. The highest BCUT2D eigenvalue weighted by Gasteiger charge is 2.37. The first-order chi connectivity index (χ1) is 11.4. The second-order valence-electron chi connectivity index (χ2n) is 7.36. The molecule has 0 aromatic heterocycles. The molecule has 0 unspecified atom stereocenters. The van der Waals surface area contributed by atoms with E-state index in [-0.39, 0.29) is 24.5 Å². The van der Waals surface area contributed by atoms with Crippen LogP contribution in [0.5, 0.6) is 0 Å². The molecule has 130 valence electrons. The second kappa shape index (κ2) is 6.93. The molecule has 3 rings (SSSR count). The maximum absolute atomic E-state index is 12.3. The quantitative estimate of drug-likeness (QED) is 0.805. The lowest BCUT2D eigenvalue weighted by atomic mass is 9.85. The Morgan fingerprint density at radius 1 is 1.21 bits per heavy atom. The number of aliphatic carboxylic acids is 1. The van der Waals surface area contributed by atoms with Crippen LogP contribution in [0.4, 0.5) is 0 Å². The minimum absolute atomic E-state index is 0.0338. The van der Waals surface area contributed by atoms with Crippen LogP contribution in [0.15, 0.2) is 18.2 Å². The summed E-state index contributed by atoms with van der Waals surface area (Å²) in [5, 5.41) is 12.2. The van der Waals surface area contributed by atoms with Crippen LogP contribution in [0.3, 0.4) is 0 Å². The lowest BCUT2D eigenvalue weighted by molar-refractivity contribution is -0.139. The average molecular weight is 330 g/mol. The van der Waals surface area contributed by atoms with Crippen molar-refractivity contribution in [3.8, 4) is 0 Å². The summed E-state index contributed by atoms with van der Waals surface area (Å²) in [6, 6.07) is 6.19. The van der Waals surface area contributed by atoms with E-state index in [0.717, 1.165) is 24.9 Å². The van der Waals surface area contributed by atoms with Gasteiger partial charge in [-0.3, -0.25) is 14.5 Å². The van der Waals surface area contributed by atoms with Crippen LogP contribution in [-0.2, 0) is 4.79 Å². The molecule has 2 N–H and O–H groups in total. The Kier molecular flexibility index (Phi) is 4.90. The molecule has 2 fully saturated rings. The van der Waals surface area contributed by atoms with Gasteiger partial charge in [-0.1, -0.05) is 6.07 Å². The van der Waals surface area contributed by atoms with Gasteiger partial charge in [0.05, 0.1) is 6.54 Å². The molecule has 0 heterocycles. The number of aryl methyl sites for hydroxylation is 2. The van der Waals surface area contributed by atoms with Crippen molar-refractivity contribution in [3.63, 3.8) is 0 Å². The third kappa shape index (κ3) is 4.15. The topological polar surface area (TPSA) is 69.6 Å². The number of carboxylic acids is 1. The van der Waals surface area contributed by atoms with Crippen LogP contribution in [-0.4, -0.2) is 47.1 Å². The number of hydrogen-bond acceptors (Lipinski definition) is 3. The molecule has 0 radical (unpaired) electrons. The van der Waals surface area contributed by atoms with Crippen molar-refractivity contribution in [2.45, 2.75) is 51.6 Å². The highest BCUT2D eigenvalue weighted by Crippen LogP contribution is 2.33. The molecule has 0 saturated heterocycles. The Labute approximate surface area is 143 Å². The number of carboxylic acid groups (broad SMARTS) is 1. The van der Waals surface area contributed by atoms with Crippen LogP contribution in [0.2, 0.25) is 0 Å². The number of rotatable bonds is 7. The summed E-state index contributed by atoms with van der Waals surface area (Å²) in [6.45, 7) is 5.03. The predicted molar refractivity (Wildman–Crippen MR) is 92.1 cm³/mol. The van der Waals surface area contributed by atoms with Crippen LogP contribution in [0, 0.1) is 19.8 Å². The van der Waals surface area contributed by atoms with Gasteiger partial charge in [-0.05, 0) is 68.7 Å². The van der Waals surface area contributed by atoms with Gasteiger partial charge in [-0.15, -0.1) is 0 Å². The molecular weight excluding hydrogens is 304 g/mol. The number of carbonyl (C=O) groups is 2. The fourth-order valence-corrected chi connectivity index (χ4v) is 3.30. The van der Waals surface area contributed by atoms with Gasteiger partial charge in [0, 0.05) is 24.2 Å². The van der Waals surface area contributed by atoms with E-state index in [4.69, 9.17) is 5.11 Å². The Hall–Kier alpha value is -1.88. The number of nitrogens with zero attached hydrogens (tertiary/aromatic N) is 1. The van der Waals surface area contributed by atoms with Crippen molar-refractivity contribution in [1.82, 2.24) is 10.2 Å². The van der Waals surface area contributed by atoms with Crippen molar-refractivity contribution >= 4 is 11.9 Å². The Morgan fingerprint density at radius 3 is 2.50 bits per heavy atom. The summed E-state index contributed by atoms with van der Waals surface area (Å²) in [5.74, 6) is -0.125. The zero-order valence-electron chi connectivity index (χ0n) is 14.4. The predicted octanol–water partition coefficient (Wildman–Crippen LogP) is 2.36. The smallest absolute Gasteiger partial charge is 0.317 e. The van der Waals surface area contributed by atoms with Crippen molar-refractivity contribution < 1.29 is 14.7 Å². The van der Waals surface area contributed by atoms with Crippen LogP contribution < -0.4 is 5.32 Å². The molecule has 0 bridgehead atoms. The summed E-state index contributed by atoms with van der Waals surface area (Å²) < 4.78 is 0. The third-order valence-corrected chi connectivity index (χ3v) is 5.26. The van der Waals surface area contributed by atoms with Crippen LogP contribution in [0.1, 0.15) is 47.2 Å². The van der Waals surface area contributed by atoms with Gasteiger partial charge in [-0.2, -0.15) is 0 Å². The number of hydrogen-bond donors (Lipinski definition) is 2. The highest BCUT2D eigenvalue weighted by molar-refractivity contribution is 5.94. The Balaban J connectivity index is 1.50. The molecule has 1 amide bonds. The maximum Gasteiger partial charge on any atom is 0.317 e. The van der Waals surface area contributed by atoms with E-state index in [9.17, 15) is 9.59 Å². The summed E-state index contributed by atoms with van der Waals surface area (Å²) in [7, 11) is 0. The van der Waals surface area contributed by atoms with E-state index in [1.807, 2.05) is 32.0 Å². The van der Waals surface area contributed by atoms with Gasteiger partial charge in [0.15, 0.2) is 0 Å². The standard InChI is InChI=1S/C19H26N2O3/c1-12-3-6-15(7-13(12)2)19(24)20-16-8-17(9-16)21(11-18(22)23)10-14-4-5-14/h3,6-7,14,16-17H,4-5,8-11H2,1-2H3,(H,20,24)(H,22,23). The molecule has 1 aromatic rings. The number of nitrogens with one attached hydrogen (secondary N) is 1. The van der Waals surface area contributed by atoms with Crippen molar-refractivity contribution in [2.24, 2.45) is 5.92 Å². The Bertz CT molecular complexity index is 633. The normalized spacial score (nSPS) is 23.0. The first-order valence-electron chi connectivity index (χ1n) is 8.76. The SMILES string of the molecule is Cc1ccc(C(=O)NC2CC(N(CC(=O)O)CC3CC3)C2)cc1C. The molecule has 1 aromatic carbocycles. The first-order valence-corrected chi connectivity index (χ1v) is 8.76. The molecule has 0 aliphatic heterocycles. The fourth-order valence-electron chi connectivity index (χ4n) is 3.30. The Morgan fingerprint density at radius 2 is 1.92 bits per heavy atom. The summed E-state index contributed by atoms with van der Waals surface area (Å²) in [5.41, 5.74) is 2.99. The minimum atomic E-state index is -0.765. The average Bonchev–Trinajstić information content (AvgIpc) is 3.28. The summed E-state index contributed by atoms with van der Waals surface area (Å²) in [4.78, 5) is 25.5. The van der Waals surface area contributed by atoms with Crippen molar-refractivity contribution in [1.29, 1.82) is 0 Å². The number of amides is 1. The van der Waals surface area contributed by atoms with E-state index < -0.39 is 5.97 Å². The van der Waals surface area contributed by atoms with Gasteiger partial charge < -0.3 is 10.4 Å². The molecule has 5 heteroatoms. The molecular formula is C19H26N2O3. The van der Waals surface area contributed by atoms with Gasteiger partial charge in [-0.25, -0.2) is 0 Å².